The van der Waals surface area contributed by atoms with Gasteiger partial charge in [0.05, 0.1) is 11.9 Å². The highest BCUT2D eigenvalue weighted by atomic mass is 16.1. The van der Waals surface area contributed by atoms with E-state index in [2.05, 4.69) is 54.3 Å². The number of aromatic nitrogens is 2. The number of aryl methyl sites for hydroxylation is 2. The third-order valence-corrected chi connectivity index (χ3v) is 4.74. The van der Waals surface area contributed by atoms with E-state index in [0.29, 0.717) is 6.42 Å². The van der Waals surface area contributed by atoms with Gasteiger partial charge < -0.3 is 5.73 Å². The lowest BCUT2D eigenvalue weighted by molar-refractivity contribution is -0.118. The molecule has 0 saturated heterocycles. The van der Waals surface area contributed by atoms with Gasteiger partial charge in [-0.3, -0.25) is 9.69 Å². The number of rotatable bonds is 6. The Kier molecular flexibility index (Phi) is 5.34. The third kappa shape index (κ3) is 4.37. The number of amides is 1. The predicted octanol–water partition coefficient (Wildman–Crippen LogP) is 2.84. The second-order valence-electron chi connectivity index (χ2n) is 6.81. The largest absolute Gasteiger partial charge is 0.370 e. The van der Waals surface area contributed by atoms with Crippen LogP contribution >= 0.6 is 0 Å². The molecule has 0 unspecified atom stereocenters. The SMILES string of the molecule is Cc1ccc(-n2cc(C3=CCN(CCCC(N)=O)CC3)cn2)c(C)c1. The Morgan fingerprint density at radius 3 is 2.84 bits per heavy atom. The molecule has 0 atom stereocenters. The van der Waals surface area contributed by atoms with Crippen LogP contribution in [0.4, 0.5) is 0 Å². The number of carbonyl (C=O) groups is 1. The number of benzene rings is 1. The van der Waals surface area contributed by atoms with Crippen LogP contribution in [0.2, 0.25) is 0 Å². The van der Waals surface area contributed by atoms with E-state index in [1.165, 1.54) is 22.3 Å². The normalized spacial score (nSPS) is 15.2. The number of nitrogens with zero attached hydrogens (tertiary/aromatic N) is 3. The highest BCUT2D eigenvalue weighted by Gasteiger charge is 2.14. The summed E-state index contributed by atoms with van der Waals surface area (Å²) >= 11 is 0. The van der Waals surface area contributed by atoms with Crippen molar-refractivity contribution in [3.8, 4) is 5.69 Å². The highest BCUT2D eigenvalue weighted by Crippen LogP contribution is 2.24. The molecule has 0 aliphatic carbocycles. The Morgan fingerprint density at radius 2 is 2.16 bits per heavy atom. The van der Waals surface area contributed by atoms with Crippen molar-refractivity contribution in [3.05, 3.63) is 53.4 Å². The molecule has 1 aliphatic rings. The number of hydrogen-bond acceptors (Lipinski definition) is 3. The molecule has 2 N–H and O–H groups in total. The van der Waals surface area contributed by atoms with Crippen LogP contribution in [-0.2, 0) is 4.79 Å². The van der Waals surface area contributed by atoms with E-state index in [1.54, 1.807) is 0 Å². The first-order valence-electron chi connectivity index (χ1n) is 8.85. The number of primary amides is 1. The Morgan fingerprint density at radius 1 is 1.32 bits per heavy atom. The Hall–Kier alpha value is -2.40. The minimum Gasteiger partial charge on any atom is -0.370 e. The van der Waals surface area contributed by atoms with Gasteiger partial charge >= 0.3 is 0 Å². The minimum atomic E-state index is -0.216. The molecule has 132 valence electrons. The van der Waals surface area contributed by atoms with Crippen molar-refractivity contribution in [2.45, 2.75) is 33.1 Å². The fourth-order valence-electron chi connectivity index (χ4n) is 3.34. The maximum Gasteiger partial charge on any atom is 0.217 e. The predicted molar refractivity (Wildman–Crippen MR) is 101 cm³/mol. The summed E-state index contributed by atoms with van der Waals surface area (Å²) in [4.78, 5) is 13.2. The van der Waals surface area contributed by atoms with Crippen molar-refractivity contribution in [2.24, 2.45) is 5.73 Å². The maximum absolute atomic E-state index is 10.8. The van der Waals surface area contributed by atoms with Gasteiger partial charge in [0.25, 0.3) is 0 Å². The molecule has 1 aliphatic heterocycles. The molecule has 2 aromatic rings. The first kappa shape index (κ1) is 17.4. The van der Waals surface area contributed by atoms with Crippen LogP contribution in [0.25, 0.3) is 11.3 Å². The fourth-order valence-corrected chi connectivity index (χ4v) is 3.34. The Labute approximate surface area is 149 Å². The molecular weight excluding hydrogens is 312 g/mol. The van der Waals surface area contributed by atoms with Crippen LogP contribution in [0.1, 0.15) is 36.0 Å². The molecule has 0 bridgehead atoms. The molecular formula is C20H26N4O. The van der Waals surface area contributed by atoms with Crippen LogP contribution in [0.3, 0.4) is 0 Å². The molecule has 1 amide bonds. The number of nitrogens with two attached hydrogens (primary N) is 1. The summed E-state index contributed by atoms with van der Waals surface area (Å²) in [6.07, 6.45) is 8.66. The average Bonchev–Trinajstić information content (AvgIpc) is 3.05. The zero-order valence-electron chi connectivity index (χ0n) is 15.0. The van der Waals surface area contributed by atoms with Crippen LogP contribution < -0.4 is 5.73 Å². The van der Waals surface area contributed by atoms with Gasteiger partial charge in [0, 0.05) is 31.3 Å². The topological polar surface area (TPSA) is 64.2 Å². The van der Waals surface area contributed by atoms with Gasteiger partial charge in [-0.2, -0.15) is 5.10 Å². The molecule has 0 spiro atoms. The minimum absolute atomic E-state index is 0.216. The molecule has 1 aromatic carbocycles. The van der Waals surface area contributed by atoms with E-state index in [4.69, 9.17) is 5.73 Å². The van der Waals surface area contributed by atoms with Crippen molar-refractivity contribution >= 4 is 11.5 Å². The summed E-state index contributed by atoms with van der Waals surface area (Å²) in [5.41, 5.74) is 11.4. The number of hydrogen-bond donors (Lipinski definition) is 1. The zero-order valence-corrected chi connectivity index (χ0v) is 15.0. The van der Waals surface area contributed by atoms with Crippen LogP contribution in [0, 0.1) is 13.8 Å². The molecule has 2 heterocycles. The summed E-state index contributed by atoms with van der Waals surface area (Å²) < 4.78 is 1.96. The van der Waals surface area contributed by atoms with Gasteiger partial charge in [0.1, 0.15) is 0 Å². The molecule has 0 fully saturated rings. The first-order chi connectivity index (χ1) is 12.0. The van der Waals surface area contributed by atoms with Gasteiger partial charge in [0.15, 0.2) is 0 Å². The molecule has 5 nitrogen and oxygen atoms in total. The van der Waals surface area contributed by atoms with Crippen molar-refractivity contribution in [3.63, 3.8) is 0 Å². The van der Waals surface area contributed by atoms with Crippen molar-refractivity contribution in [1.82, 2.24) is 14.7 Å². The lowest BCUT2D eigenvalue weighted by atomic mass is 10.0. The Bertz CT molecular complexity index is 791. The third-order valence-electron chi connectivity index (χ3n) is 4.74. The lowest BCUT2D eigenvalue weighted by Gasteiger charge is -2.25. The Balaban J connectivity index is 1.65. The van der Waals surface area contributed by atoms with Crippen molar-refractivity contribution < 1.29 is 4.79 Å². The van der Waals surface area contributed by atoms with E-state index in [1.807, 2.05) is 10.9 Å². The average molecular weight is 338 g/mol. The summed E-state index contributed by atoms with van der Waals surface area (Å²) in [5.74, 6) is -0.216. The van der Waals surface area contributed by atoms with Gasteiger partial charge in [-0.1, -0.05) is 23.8 Å². The van der Waals surface area contributed by atoms with E-state index >= 15 is 0 Å². The maximum atomic E-state index is 10.8. The smallest absolute Gasteiger partial charge is 0.217 e. The van der Waals surface area contributed by atoms with Gasteiger partial charge in [-0.15, -0.1) is 0 Å². The summed E-state index contributed by atoms with van der Waals surface area (Å²) in [6, 6.07) is 6.42. The standard InChI is InChI=1S/C20H26N4O/c1-15-5-6-19(16(2)12-15)24-14-18(13-22-24)17-7-10-23(11-8-17)9-3-4-20(21)25/h5-7,12-14H,3-4,8-11H2,1-2H3,(H2,21,25). The monoisotopic (exact) mass is 338 g/mol. The van der Waals surface area contributed by atoms with Gasteiger partial charge in [0.2, 0.25) is 5.91 Å². The van der Waals surface area contributed by atoms with E-state index in [9.17, 15) is 4.79 Å². The summed E-state index contributed by atoms with van der Waals surface area (Å²) in [5, 5.41) is 4.55. The first-order valence-corrected chi connectivity index (χ1v) is 8.85. The second kappa shape index (κ2) is 7.66. The molecule has 1 aromatic heterocycles. The molecule has 5 heteroatoms. The van der Waals surface area contributed by atoms with Crippen LogP contribution in [0.15, 0.2) is 36.7 Å². The zero-order chi connectivity index (χ0) is 17.8. The van der Waals surface area contributed by atoms with E-state index < -0.39 is 0 Å². The molecule has 25 heavy (non-hydrogen) atoms. The van der Waals surface area contributed by atoms with E-state index in [0.717, 1.165) is 38.2 Å². The molecule has 3 rings (SSSR count). The number of carbonyl (C=O) groups excluding carboxylic acids is 1. The van der Waals surface area contributed by atoms with E-state index in [-0.39, 0.29) is 5.91 Å². The highest BCUT2D eigenvalue weighted by molar-refractivity contribution is 5.73. The molecule has 0 saturated carbocycles. The van der Waals surface area contributed by atoms with Crippen molar-refractivity contribution in [2.75, 3.05) is 19.6 Å². The molecule has 0 radical (unpaired) electrons. The lowest BCUT2D eigenvalue weighted by Crippen LogP contribution is -2.30. The quantitative estimate of drug-likeness (QED) is 0.881. The van der Waals surface area contributed by atoms with Gasteiger partial charge in [-0.05, 0) is 50.4 Å². The fraction of sp³-hybridized carbons (Fsp3) is 0.400. The van der Waals surface area contributed by atoms with Crippen molar-refractivity contribution in [1.29, 1.82) is 0 Å². The summed E-state index contributed by atoms with van der Waals surface area (Å²) in [7, 11) is 0. The summed E-state index contributed by atoms with van der Waals surface area (Å²) in [6.45, 7) is 7.08. The van der Waals surface area contributed by atoms with Gasteiger partial charge in [-0.25, -0.2) is 4.68 Å². The second-order valence-corrected chi connectivity index (χ2v) is 6.81. The van der Waals surface area contributed by atoms with Crippen LogP contribution in [0.5, 0.6) is 0 Å². The van der Waals surface area contributed by atoms with Crippen LogP contribution in [-0.4, -0.2) is 40.2 Å².